The number of carbonyl (C=O) groups is 2. The Morgan fingerprint density at radius 3 is 2.76 bits per heavy atom. The van der Waals surface area contributed by atoms with Crippen LogP contribution in [0.3, 0.4) is 0 Å². The fourth-order valence-corrected chi connectivity index (χ4v) is 3.91. The molecule has 9 nitrogen and oxygen atoms in total. The normalized spacial score (nSPS) is 18.2. The van der Waals surface area contributed by atoms with Gasteiger partial charge in [0.2, 0.25) is 0 Å². The highest BCUT2D eigenvalue weighted by Crippen LogP contribution is 2.41. The van der Waals surface area contributed by atoms with Crippen molar-refractivity contribution in [2.75, 3.05) is 23.4 Å². The fraction of sp³-hybridized carbons (Fsp3) is 0.350. The predicted octanol–water partition coefficient (Wildman–Crippen LogP) is 4.06. The molecule has 0 spiro atoms. The molecule has 4 rings (SSSR count). The molecule has 0 aliphatic carbocycles. The zero-order chi connectivity index (χ0) is 24.0. The third-order valence-electron chi connectivity index (χ3n) is 5.36. The van der Waals surface area contributed by atoms with Crippen molar-refractivity contribution in [3.63, 3.8) is 0 Å². The molecule has 1 aliphatic rings. The number of esters is 1. The summed E-state index contributed by atoms with van der Waals surface area (Å²) in [6, 6.07) is 2.78. The largest absolute Gasteiger partial charge is 0.465 e. The molecule has 174 valence electrons. The lowest BCUT2D eigenvalue weighted by Gasteiger charge is -2.38. The highest BCUT2D eigenvalue weighted by atomic mass is 35.5. The van der Waals surface area contributed by atoms with Gasteiger partial charge in [-0.3, -0.25) is 14.7 Å². The van der Waals surface area contributed by atoms with Crippen molar-refractivity contribution in [1.29, 1.82) is 0 Å². The zero-order valence-corrected chi connectivity index (χ0v) is 18.2. The van der Waals surface area contributed by atoms with Crippen LogP contribution in [0.25, 0.3) is 5.65 Å². The second kappa shape index (κ2) is 8.18. The number of rotatable bonds is 3. The van der Waals surface area contributed by atoms with E-state index in [9.17, 15) is 22.8 Å². The first-order valence-corrected chi connectivity index (χ1v) is 10.3. The zero-order valence-electron chi connectivity index (χ0n) is 17.5. The molecule has 1 N–H and O–H groups in total. The van der Waals surface area contributed by atoms with E-state index in [0.29, 0.717) is 11.3 Å². The van der Waals surface area contributed by atoms with Crippen molar-refractivity contribution in [1.82, 2.24) is 19.6 Å². The van der Waals surface area contributed by atoms with Crippen LogP contribution in [-0.4, -0.2) is 44.7 Å². The number of amides is 2. The third-order valence-corrected chi connectivity index (χ3v) is 5.54. The summed E-state index contributed by atoms with van der Waals surface area (Å²) in [4.78, 5) is 34.8. The van der Waals surface area contributed by atoms with Crippen LogP contribution in [0.5, 0.6) is 0 Å². The van der Waals surface area contributed by atoms with Gasteiger partial charge in [0.1, 0.15) is 11.1 Å². The second-order valence-electron chi connectivity index (χ2n) is 7.54. The Kier molecular flexibility index (Phi) is 5.64. The molecule has 3 aromatic rings. The van der Waals surface area contributed by atoms with E-state index in [0.717, 1.165) is 12.3 Å². The number of carbonyl (C=O) groups excluding carboxylic acids is 2. The molecule has 33 heavy (non-hydrogen) atoms. The van der Waals surface area contributed by atoms with Crippen LogP contribution in [0, 0.1) is 0 Å². The number of ether oxygens (including phenoxy) is 1. The molecule has 4 heterocycles. The fourth-order valence-electron chi connectivity index (χ4n) is 3.74. The van der Waals surface area contributed by atoms with Gasteiger partial charge < -0.3 is 10.1 Å². The molecule has 0 radical (unpaired) electrons. The van der Waals surface area contributed by atoms with E-state index in [4.69, 9.17) is 16.3 Å². The smallest absolute Gasteiger partial charge is 0.433 e. The minimum absolute atomic E-state index is 0.0769. The number of hydrogen-bond acceptors (Lipinski definition) is 6. The van der Waals surface area contributed by atoms with Crippen LogP contribution < -0.4 is 10.2 Å². The Hall–Kier alpha value is -3.41. The van der Waals surface area contributed by atoms with Gasteiger partial charge in [-0.1, -0.05) is 11.6 Å². The van der Waals surface area contributed by atoms with Crippen molar-refractivity contribution < 1.29 is 27.5 Å². The average molecular weight is 483 g/mol. The lowest BCUT2D eigenvalue weighted by Crippen LogP contribution is -2.49. The van der Waals surface area contributed by atoms with E-state index < -0.39 is 29.3 Å². The van der Waals surface area contributed by atoms with E-state index in [1.165, 1.54) is 27.7 Å². The van der Waals surface area contributed by atoms with Gasteiger partial charge in [-0.2, -0.15) is 18.3 Å². The number of hydrogen-bond donors (Lipinski definition) is 1. The van der Waals surface area contributed by atoms with Gasteiger partial charge in [0.25, 0.3) is 0 Å². The van der Waals surface area contributed by atoms with Crippen LogP contribution in [0.4, 0.5) is 29.3 Å². The number of aromatic nitrogens is 4. The highest BCUT2D eigenvalue weighted by molar-refractivity contribution is 6.29. The summed E-state index contributed by atoms with van der Waals surface area (Å²) in [5.41, 5.74) is -1.43. The first-order valence-electron chi connectivity index (χ1n) is 9.88. The number of urea groups is 1. The van der Waals surface area contributed by atoms with Gasteiger partial charge in [-0.25, -0.2) is 14.3 Å². The van der Waals surface area contributed by atoms with Crippen LogP contribution in [-0.2, 0) is 21.1 Å². The number of anilines is 2. The Balaban J connectivity index is 1.75. The van der Waals surface area contributed by atoms with E-state index in [1.54, 1.807) is 13.8 Å². The van der Waals surface area contributed by atoms with Gasteiger partial charge in [0, 0.05) is 24.5 Å². The molecule has 3 aromatic heterocycles. The molecule has 0 saturated carbocycles. The molecule has 13 heteroatoms. The van der Waals surface area contributed by atoms with Gasteiger partial charge in [0.15, 0.2) is 10.8 Å². The molecular weight excluding hydrogens is 465 g/mol. The molecular formula is C20H18ClF3N6O3. The SMILES string of the molecule is CCOC(=O)C1(C)CCN(C(=O)Nc2ccnc(C(F)(F)F)c2)c2cnc3cc(Cl)nn3c21. The minimum atomic E-state index is -4.66. The van der Waals surface area contributed by atoms with E-state index in [2.05, 4.69) is 20.4 Å². The molecule has 1 atom stereocenters. The molecule has 2 amide bonds. The Labute approximate surface area is 190 Å². The minimum Gasteiger partial charge on any atom is -0.465 e. The van der Waals surface area contributed by atoms with E-state index in [1.807, 2.05) is 0 Å². The monoisotopic (exact) mass is 482 g/mol. The van der Waals surface area contributed by atoms with Gasteiger partial charge in [0.05, 0.1) is 24.2 Å². The van der Waals surface area contributed by atoms with Crippen LogP contribution in [0.15, 0.2) is 30.6 Å². The van der Waals surface area contributed by atoms with Gasteiger partial charge in [-0.05, 0) is 32.4 Å². The molecule has 0 fully saturated rings. The highest BCUT2D eigenvalue weighted by Gasteiger charge is 2.46. The standard InChI is InChI=1S/C20H18ClF3N6O3/c1-3-33-17(31)19(2)5-7-29(12-10-26-15-9-14(21)28-30(15)16(12)19)18(32)27-11-4-6-25-13(8-11)20(22,23)24/h4,6,8-10H,3,5,7H2,1-2H3,(H,25,27,32). The second-order valence-corrected chi connectivity index (χ2v) is 7.93. The van der Waals surface area contributed by atoms with Gasteiger partial charge >= 0.3 is 18.2 Å². The summed E-state index contributed by atoms with van der Waals surface area (Å²) in [5, 5.41) is 6.79. The van der Waals surface area contributed by atoms with Crippen molar-refractivity contribution in [2.24, 2.45) is 0 Å². The van der Waals surface area contributed by atoms with Crippen LogP contribution in [0.2, 0.25) is 5.15 Å². The third kappa shape index (κ3) is 4.06. The predicted molar refractivity (Wildman–Crippen MR) is 112 cm³/mol. The maximum absolute atomic E-state index is 13.1. The number of pyridine rings is 1. The van der Waals surface area contributed by atoms with Crippen LogP contribution in [0.1, 0.15) is 31.7 Å². The van der Waals surface area contributed by atoms with Gasteiger partial charge in [-0.15, -0.1) is 0 Å². The van der Waals surface area contributed by atoms with Crippen molar-refractivity contribution >= 4 is 40.6 Å². The molecule has 0 aromatic carbocycles. The topological polar surface area (TPSA) is 102 Å². The van der Waals surface area contributed by atoms with Crippen molar-refractivity contribution in [3.05, 3.63) is 47.1 Å². The Morgan fingerprint density at radius 2 is 2.06 bits per heavy atom. The van der Waals surface area contributed by atoms with Crippen molar-refractivity contribution in [3.8, 4) is 0 Å². The summed E-state index contributed by atoms with van der Waals surface area (Å²) in [5.74, 6) is -0.505. The number of fused-ring (bicyclic) bond motifs is 3. The van der Waals surface area contributed by atoms with Crippen molar-refractivity contribution in [2.45, 2.75) is 31.9 Å². The maximum atomic E-state index is 13.1. The number of nitrogens with zero attached hydrogens (tertiary/aromatic N) is 5. The summed E-state index contributed by atoms with van der Waals surface area (Å²) < 4.78 is 45.6. The Bertz CT molecular complexity index is 1250. The first-order chi connectivity index (χ1) is 15.5. The first kappa shape index (κ1) is 22.8. The maximum Gasteiger partial charge on any atom is 0.433 e. The number of alkyl halides is 3. The summed E-state index contributed by atoms with van der Waals surface area (Å²) in [6.45, 7) is 3.59. The molecule has 1 aliphatic heterocycles. The molecule has 1 unspecified atom stereocenters. The lowest BCUT2D eigenvalue weighted by atomic mass is 9.79. The summed E-state index contributed by atoms with van der Waals surface area (Å²) in [6.07, 6.45) is -2.13. The number of nitrogens with one attached hydrogen (secondary N) is 1. The lowest BCUT2D eigenvalue weighted by molar-refractivity contribution is -0.150. The Morgan fingerprint density at radius 1 is 1.30 bits per heavy atom. The molecule has 0 saturated heterocycles. The summed E-state index contributed by atoms with van der Waals surface area (Å²) >= 11 is 6.04. The average Bonchev–Trinajstić information content (AvgIpc) is 3.13. The quantitative estimate of drug-likeness (QED) is 0.565. The van der Waals surface area contributed by atoms with Crippen LogP contribution >= 0.6 is 11.6 Å². The van der Waals surface area contributed by atoms with E-state index >= 15 is 0 Å². The summed E-state index contributed by atoms with van der Waals surface area (Å²) in [7, 11) is 0. The van der Waals surface area contributed by atoms with E-state index in [-0.39, 0.29) is 36.1 Å². The molecule has 0 bridgehead atoms. The number of halogens is 4.